The van der Waals surface area contributed by atoms with Gasteiger partial charge in [-0.3, -0.25) is 9.63 Å². The van der Waals surface area contributed by atoms with Crippen molar-refractivity contribution in [3.63, 3.8) is 0 Å². The highest BCUT2D eigenvalue weighted by Gasteiger charge is 2.68. The number of carbonyl (C=O) groups excluding carboxylic acids is 1. The number of aliphatic hydroxyl groups is 1. The molecule has 2 N–H and O–H groups in total. The SMILES string of the molecule is CC[C@@H]1NC2C[C@]3(C(=O)N(OC)c4cc(OC)ccc43)C3OCC2C1[C@H]3O. The normalized spacial score (nSPS) is 41.9. The summed E-state index contributed by atoms with van der Waals surface area (Å²) < 4.78 is 11.5. The minimum atomic E-state index is -0.948. The highest BCUT2D eigenvalue weighted by molar-refractivity contribution is 6.07. The maximum atomic E-state index is 13.6. The van der Waals surface area contributed by atoms with E-state index in [1.54, 1.807) is 7.11 Å². The Kier molecular flexibility index (Phi) is 3.82. The van der Waals surface area contributed by atoms with Gasteiger partial charge in [0, 0.05) is 30.0 Å². The molecule has 3 saturated heterocycles. The fourth-order valence-corrected chi connectivity index (χ4v) is 6.05. The van der Waals surface area contributed by atoms with E-state index in [1.807, 2.05) is 18.2 Å². The Morgan fingerprint density at radius 1 is 1.41 bits per heavy atom. The van der Waals surface area contributed by atoms with Gasteiger partial charge < -0.3 is 19.9 Å². The molecule has 146 valence electrons. The van der Waals surface area contributed by atoms with Crippen LogP contribution in [-0.4, -0.2) is 56.1 Å². The average molecular weight is 374 g/mol. The Labute approximate surface area is 158 Å². The number of amides is 1. The maximum absolute atomic E-state index is 13.6. The molecule has 7 heteroatoms. The van der Waals surface area contributed by atoms with Gasteiger partial charge >= 0.3 is 0 Å². The second-order valence-electron chi connectivity index (χ2n) is 8.11. The van der Waals surface area contributed by atoms with Crippen molar-refractivity contribution in [2.75, 3.05) is 25.9 Å². The number of hydrogen-bond donors (Lipinski definition) is 2. The molecule has 4 aliphatic heterocycles. The first-order valence-corrected chi connectivity index (χ1v) is 9.69. The summed E-state index contributed by atoms with van der Waals surface area (Å²) in [4.78, 5) is 19.1. The van der Waals surface area contributed by atoms with Crippen molar-refractivity contribution in [2.45, 2.75) is 49.5 Å². The summed E-state index contributed by atoms with van der Waals surface area (Å²) in [5.41, 5.74) is 0.574. The molecule has 1 saturated carbocycles. The predicted octanol–water partition coefficient (Wildman–Crippen LogP) is 0.987. The number of nitrogens with zero attached hydrogens (tertiary/aromatic N) is 1. The third-order valence-corrected chi connectivity index (χ3v) is 7.20. The third kappa shape index (κ3) is 2.03. The van der Waals surface area contributed by atoms with Crippen molar-refractivity contribution in [2.24, 2.45) is 11.8 Å². The Balaban J connectivity index is 1.68. The van der Waals surface area contributed by atoms with Gasteiger partial charge in [0.05, 0.1) is 32.6 Å². The van der Waals surface area contributed by atoms with Crippen molar-refractivity contribution in [1.82, 2.24) is 5.32 Å². The van der Waals surface area contributed by atoms with Crippen LogP contribution in [0.1, 0.15) is 25.3 Å². The summed E-state index contributed by atoms with van der Waals surface area (Å²) in [6.07, 6.45) is 0.300. The molecule has 1 amide bonds. The number of hydrogen-bond acceptors (Lipinski definition) is 6. The second kappa shape index (κ2) is 5.91. The molecule has 27 heavy (non-hydrogen) atoms. The van der Waals surface area contributed by atoms with Gasteiger partial charge in [0.25, 0.3) is 5.91 Å². The minimum Gasteiger partial charge on any atom is -0.497 e. The van der Waals surface area contributed by atoms with E-state index < -0.39 is 17.6 Å². The number of nitrogens with one attached hydrogen (secondary N) is 1. The zero-order valence-electron chi connectivity index (χ0n) is 15.8. The molecular weight excluding hydrogens is 348 g/mol. The Hall–Kier alpha value is -1.67. The van der Waals surface area contributed by atoms with Gasteiger partial charge in [-0.25, -0.2) is 0 Å². The summed E-state index contributed by atoms with van der Waals surface area (Å²) in [7, 11) is 3.09. The number of anilines is 1. The van der Waals surface area contributed by atoms with Gasteiger partial charge in [-0.05, 0) is 24.5 Å². The zero-order chi connectivity index (χ0) is 18.9. The zero-order valence-corrected chi connectivity index (χ0v) is 15.8. The lowest BCUT2D eigenvalue weighted by Gasteiger charge is -2.43. The lowest BCUT2D eigenvalue weighted by atomic mass is 9.70. The van der Waals surface area contributed by atoms with Crippen LogP contribution in [0.2, 0.25) is 0 Å². The molecule has 7 nitrogen and oxygen atoms in total. The highest BCUT2D eigenvalue weighted by atomic mass is 16.7. The molecule has 0 radical (unpaired) electrons. The van der Waals surface area contributed by atoms with Gasteiger partial charge in [-0.1, -0.05) is 13.0 Å². The second-order valence-corrected chi connectivity index (χ2v) is 8.11. The molecule has 1 aliphatic carbocycles. The fourth-order valence-electron chi connectivity index (χ4n) is 6.05. The Morgan fingerprint density at radius 2 is 2.22 bits per heavy atom. The highest BCUT2D eigenvalue weighted by Crippen LogP contribution is 2.57. The quantitative estimate of drug-likeness (QED) is 0.821. The minimum absolute atomic E-state index is 0.115. The molecule has 4 fully saturated rings. The van der Waals surface area contributed by atoms with Crippen LogP contribution in [0, 0.1) is 11.8 Å². The number of rotatable bonds is 3. The van der Waals surface area contributed by atoms with E-state index in [0.29, 0.717) is 24.5 Å². The topological polar surface area (TPSA) is 80.3 Å². The Morgan fingerprint density at radius 3 is 2.93 bits per heavy atom. The molecule has 5 aliphatic rings. The predicted molar refractivity (Wildman–Crippen MR) is 97.5 cm³/mol. The van der Waals surface area contributed by atoms with E-state index in [2.05, 4.69) is 12.2 Å². The van der Waals surface area contributed by atoms with Crippen molar-refractivity contribution in [1.29, 1.82) is 0 Å². The van der Waals surface area contributed by atoms with Crippen LogP contribution < -0.4 is 15.1 Å². The number of carbonyl (C=O) groups is 1. The van der Waals surface area contributed by atoms with E-state index in [9.17, 15) is 9.90 Å². The molecule has 4 heterocycles. The molecule has 1 aromatic rings. The molecule has 0 aromatic heterocycles. The molecule has 4 bridgehead atoms. The summed E-state index contributed by atoms with van der Waals surface area (Å²) in [6.45, 7) is 2.72. The first kappa shape index (κ1) is 17.4. The van der Waals surface area contributed by atoms with E-state index in [-0.39, 0.29) is 29.8 Å². The van der Waals surface area contributed by atoms with Crippen LogP contribution >= 0.6 is 0 Å². The van der Waals surface area contributed by atoms with Crippen molar-refractivity contribution in [3.8, 4) is 5.75 Å². The summed E-state index contributed by atoms with van der Waals surface area (Å²) >= 11 is 0. The average Bonchev–Trinajstić information content (AvgIpc) is 3.05. The van der Waals surface area contributed by atoms with Crippen LogP contribution in [0.25, 0.3) is 0 Å². The van der Waals surface area contributed by atoms with Gasteiger partial charge in [-0.2, -0.15) is 5.06 Å². The summed E-state index contributed by atoms with van der Waals surface area (Å²) in [5.74, 6) is 0.835. The molecule has 1 spiro atoms. The fraction of sp³-hybridized carbons (Fsp3) is 0.650. The van der Waals surface area contributed by atoms with Crippen LogP contribution in [0.3, 0.4) is 0 Å². The number of ether oxygens (including phenoxy) is 2. The molecule has 1 aromatic carbocycles. The van der Waals surface area contributed by atoms with E-state index in [4.69, 9.17) is 14.3 Å². The lowest BCUT2D eigenvalue weighted by Crippen LogP contribution is -2.59. The number of methoxy groups -OCH3 is 1. The summed E-state index contributed by atoms with van der Waals surface area (Å²) in [6, 6.07) is 6.00. The standard InChI is InChI=1S/C20H26N2O5/c1-4-13-16-11-9-27-18(17(16)23)20(8-14(11)21-13)12-6-5-10(25-2)7-15(12)22(26-3)19(20)24/h5-7,11,13-14,16-18,21,23H,4,8-9H2,1-3H3/t11?,13-,14?,16?,17+,18?,20+/m0/s1. The number of hydroxylamine groups is 1. The summed E-state index contributed by atoms with van der Waals surface area (Å²) in [5, 5.41) is 16.3. The largest absolute Gasteiger partial charge is 0.497 e. The lowest BCUT2D eigenvalue weighted by molar-refractivity contribution is -0.159. The van der Waals surface area contributed by atoms with Crippen LogP contribution in [0.5, 0.6) is 5.75 Å². The van der Waals surface area contributed by atoms with Gasteiger partial charge in [0.1, 0.15) is 17.3 Å². The molecule has 6 rings (SSSR count). The van der Waals surface area contributed by atoms with Crippen molar-refractivity contribution in [3.05, 3.63) is 23.8 Å². The molecule has 4 unspecified atom stereocenters. The van der Waals surface area contributed by atoms with Gasteiger partial charge in [0.15, 0.2) is 0 Å². The first-order valence-electron chi connectivity index (χ1n) is 9.69. The molecular formula is C20H26N2O5. The Bertz CT molecular complexity index is 786. The van der Waals surface area contributed by atoms with Crippen LogP contribution in [-0.2, 0) is 19.8 Å². The first-order chi connectivity index (χ1) is 13.1. The van der Waals surface area contributed by atoms with E-state index in [1.165, 1.54) is 12.2 Å². The number of fused-ring (bicyclic) bond motifs is 2. The smallest absolute Gasteiger partial charge is 0.264 e. The number of aliphatic hydroxyl groups excluding tert-OH is 1. The van der Waals surface area contributed by atoms with Crippen LogP contribution in [0.4, 0.5) is 5.69 Å². The van der Waals surface area contributed by atoms with Crippen molar-refractivity contribution >= 4 is 11.6 Å². The van der Waals surface area contributed by atoms with Crippen molar-refractivity contribution < 1.29 is 24.2 Å². The van der Waals surface area contributed by atoms with E-state index >= 15 is 0 Å². The monoisotopic (exact) mass is 374 g/mol. The van der Waals surface area contributed by atoms with Gasteiger partial charge in [0.2, 0.25) is 0 Å². The van der Waals surface area contributed by atoms with E-state index in [0.717, 1.165) is 12.0 Å². The maximum Gasteiger partial charge on any atom is 0.264 e. The third-order valence-electron chi connectivity index (χ3n) is 7.20. The van der Waals surface area contributed by atoms with Crippen LogP contribution in [0.15, 0.2) is 18.2 Å². The number of benzene rings is 1. The molecule has 7 atom stereocenters. The van der Waals surface area contributed by atoms with Gasteiger partial charge in [-0.15, -0.1) is 0 Å².